The summed E-state index contributed by atoms with van der Waals surface area (Å²) in [5, 5.41) is 40.0. The minimum Gasteiger partial charge on any atom is -0.550 e. The Balaban J connectivity index is -0.000000727. The van der Waals surface area contributed by atoms with Gasteiger partial charge in [-0.3, -0.25) is 0 Å². The standard InChI is InChI=1S/2C18H36O3.Pb/c2*1-2-3-11-14-17(19)15-12-9-7-5-4-6-8-10-13-16-18(20)21;/h2*17,19H,2-16H2,1H3,(H,20,21);/q;;+2/p-2. The molecular weight excluding hydrogens is 736 g/mol. The van der Waals surface area contributed by atoms with Gasteiger partial charge < -0.3 is 30.0 Å². The van der Waals surface area contributed by atoms with Crippen LogP contribution in [0, 0.1) is 0 Å². The summed E-state index contributed by atoms with van der Waals surface area (Å²) in [6, 6.07) is 0. The van der Waals surface area contributed by atoms with Crippen molar-refractivity contribution in [1.82, 2.24) is 0 Å². The van der Waals surface area contributed by atoms with Crippen LogP contribution >= 0.6 is 0 Å². The smallest absolute Gasteiger partial charge is 0.550 e. The topological polar surface area (TPSA) is 121 Å². The van der Waals surface area contributed by atoms with E-state index in [1.54, 1.807) is 0 Å². The van der Waals surface area contributed by atoms with Gasteiger partial charge in [0, 0.05) is 11.9 Å². The number of aliphatic hydroxyl groups excluding tert-OH is 2. The number of unbranched alkanes of at least 4 members (excludes halogenated alkanes) is 20. The first-order valence-electron chi connectivity index (χ1n) is 18.1. The summed E-state index contributed by atoms with van der Waals surface area (Å²) < 4.78 is 0. The van der Waals surface area contributed by atoms with E-state index >= 15 is 0 Å². The van der Waals surface area contributed by atoms with Crippen LogP contribution in [0.4, 0.5) is 0 Å². The Hall–Kier alpha value is -0.218. The van der Waals surface area contributed by atoms with E-state index in [-0.39, 0.29) is 52.3 Å². The Bertz CT molecular complexity index is 512. The molecule has 0 aromatic carbocycles. The second kappa shape index (κ2) is 39.8. The Labute approximate surface area is 286 Å². The molecule has 0 aliphatic rings. The number of aliphatic hydroxyl groups is 2. The maximum absolute atomic E-state index is 10.2. The summed E-state index contributed by atoms with van der Waals surface area (Å²) in [6.07, 6.45) is 32.0. The molecule has 0 spiro atoms. The van der Waals surface area contributed by atoms with Gasteiger partial charge in [0.15, 0.2) is 0 Å². The van der Waals surface area contributed by atoms with Crippen LogP contribution < -0.4 is 10.2 Å². The maximum Gasteiger partial charge on any atom is 2.00 e. The van der Waals surface area contributed by atoms with Gasteiger partial charge in [-0.1, -0.05) is 155 Å². The molecule has 0 fully saturated rings. The number of carbonyl (C=O) groups excluding carboxylic acids is 2. The van der Waals surface area contributed by atoms with Crippen LogP contribution in [0.3, 0.4) is 0 Å². The molecule has 0 saturated carbocycles. The zero-order valence-electron chi connectivity index (χ0n) is 28.4. The van der Waals surface area contributed by atoms with Gasteiger partial charge in [0.1, 0.15) is 0 Å². The predicted molar refractivity (Wildman–Crippen MR) is 178 cm³/mol. The first kappa shape index (κ1) is 47.2. The van der Waals surface area contributed by atoms with E-state index in [0.29, 0.717) is 0 Å². The van der Waals surface area contributed by atoms with Crippen molar-refractivity contribution in [3.05, 3.63) is 0 Å². The third-order valence-corrected chi connectivity index (χ3v) is 8.12. The molecule has 254 valence electrons. The van der Waals surface area contributed by atoms with Crippen LogP contribution in [0.15, 0.2) is 0 Å². The van der Waals surface area contributed by atoms with E-state index in [1.165, 1.54) is 89.9 Å². The van der Waals surface area contributed by atoms with Gasteiger partial charge in [-0.15, -0.1) is 0 Å². The van der Waals surface area contributed by atoms with Crippen molar-refractivity contribution in [2.75, 3.05) is 0 Å². The zero-order chi connectivity index (χ0) is 31.5. The average Bonchev–Trinajstić information content (AvgIpc) is 2.95. The fourth-order valence-electron chi connectivity index (χ4n) is 5.32. The van der Waals surface area contributed by atoms with Crippen molar-refractivity contribution < 1.29 is 30.0 Å². The molecule has 2 N–H and O–H groups in total. The molecule has 2 radical (unpaired) electrons. The monoisotopic (exact) mass is 806 g/mol. The molecule has 43 heavy (non-hydrogen) atoms. The zero-order valence-corrected chi connectivity index (χ0v) is 32.3. The van der Waals surface area contributed by atoms with Gasteiger partial charge in [-0.25, -0.2) is 0 Å². The number of carboxylic acid groups (broad SMARTS) is 2. The third kappa shape index (κ3) is 46.3. The van der Waals surface area contributed by atoms with E-state index in [2.05, 4.69) is 13.8 Å². The van der Waals surface area contributed by atoms with Crippen LogP contribution in [-0.2, 0) is 9.59 Å². The predicted octanol–water partition coefficient (Wildman–Crippen LogP) is 7.56. The van der Waals surface area contributed by atoms with Crippen LogP contribution in [0.25, 0.3) is 0 Å². The van der Waals surface area contributed by atoms with Crippen molar-refractivity contribution in [3.63, 3.8) is 0 Å². The summed E-state index contributed by atoms with van der Waals surface area (Å²) >= 11 is 0. The molecule has 0 amide bonds. The van der Waals surface area contributed by atoms with E-state index in [9.17, 15) is 30.0 Å². The second-order valence-electron chi connectivity index (χ2n) is 12.5. The molecule has 2 unspecified atom stereocenters. The van der Waals surface area contributed by atoms with E-state index in [4.69, 9.17) is 0 Å². The normalized spacial score (nSPS) is 12.2. The van der Waals surface area contributed by atoms with Crippen molar-refractivity contribution >= 4 is 39.2 Å². The SMILES string of the molecule is CCCCCC(O)CCCCCCCCCCCC(=O)[O-].CCCCCC(O)CCCCCCCCCCCC(=O)[O-].[Pb+2]. The fourth-order valence-corrected chi connectivity index (χ4v) is 5.32. The van der Waals surface area contributed by atoms with Crippen LogP contribution in [0.2, 0.25) is 0 Å². The van der Waals surface area contributed by atoms with E-state index in [0.717, 1.165) is 89.9 Å². The number of aliphatic carboxylic acids is 2. The molecule has 7 heteroatoms. The molecule has 0 aliphatic carbocycles. The largest absolute Gasteiger partial charge is 2.00 e. The summed E-state index contributed by atoms with van der Waals surface area (Å²) in [6.45, 7) is 4.38. The quantitative estimate of drug-likeness (QED) is 0.0535. The molecule has 0 aromatic rings. The van der Waals surface area contributed by atoms with E-state index < -0.39 is 11.9 Å². The number of rotatable bonds is 32. The first-order chi connectivity index (χ1) is 20.3. The fraction of sp³-hybridized carbons (Fsp3) is 0.944. The van der Waals surface area contributed by atoms with Gasteiger partial charge in [0.2, 0.25) is 0 Å². The van der Waals surface area contributed by atoms with E-state index in [1.807, 2.05) is 0 Å². The number of hydrogen-bond donors (Lipinski definition) is 2. The molecular formula is C36H70O6Pb. The maximum atomic E-state index is 10.2. The molecule has 2 atom stereocenters. The molecule has 0 saturated heterocycles. The summed E-state index contributed by atoms with van der Waals surface area (Å²) in [5.41, 5.74) is 0. The van der Waals surface area contributed by atoms with Gasteiger partial charge in [0.25, 0.3) is 0 Å². The number of hydrogen-bond acceptors (Lipinski definition) is 6. The third-order valence-electron chi connectivity index (χ3n) is 8.12. The second-order valence-corrected chi connectivity index (χ2v) is 12.5. The Morgan fingerprint density at radius 1 is 0.419 bits per heavy atom. The van der Waals surface area contributed by atoms with Crippen molar-refractivity contribution in [3.8, 4) is 0 Å². The number of carboxylic acids is 2. The number of carbonyl (C=O) groups is 2. The Morgan fingerprint density at radius 2 is 0.628 bits per heavy atom. The van der Waals surface area contributed by atoms with Gasteiger partial charge in [-0.2, -0.15) is 0 Å². The molecule has 0 rings (SSSR count). The average molecular weight is 806 g/mol. The van der Waals surface area contributed by atoms with Crippen molar-refractivity contribution in [2.24, 2.45) is 0 Å². The summed E-state index contributed by atoms with van der Waals surface area (Å²) in [4.78, 5) is 20.5. The van der Waals surface area contributed by atoms with Gasteiger partial charge in [-0.05, 0) is 51.4 Å². The minimum atomic E-state index is -0.924. The van der Waals surface area contributed by atoms with Gasteiger partial charge >= 0.3 is 27.3 Å². The van der Waals surface area contributed by atoms with Crippen LogP contribution in [0.1, 0.15) is 206 Å². The Morgan fingerprint density at radius 3 is 0.860 bits per heavy atom. The molecule has 0 bridgehead atoms. The van der Waals surface area contributed by atoms with Crippen molar-refractivity contribution in [1.29, 1.82) is 0 Å². The van der Waals surface area contributed by atoms with Crippen LogP contribution in [0.5, 0.6) is 0 Å². The molecule has 0 heterocycles. The molecule has 0 aliphatic heterocycles. The summed E-state index contributed by atoms with van der Waals surface area (Å²) in [7, 11) is 0. The minimum absolute atomic E-state index is 0. The van der Waals surface area contributed by atoms with Crippen molar-refractivity contribution in [2.45, 2.75) is 219 Å². The van der Waals surface area contributed by atoms with Crippen LogP contribution in [-0.4, -0.2) is 61.7 Å². The first-order valence-corrected chi connectivity index (χ1v) is 18.1. The van der Waals surface area contributed by atoms with Gasteiger partial charge in [0.05, 0.1) is 12.2 Å². The molecule has 6 nitrogen and oxygen atoms in total. The molecule has 0 aromatic heterocycles. The Kier molecular flexibility index (Phi) is 43.7. The summed E-state index contributed by atoms with van der Waals surface area (Å²) in [5.74, 6) is -1.85.